The topological polar surface area (TPSA) is 49.4 Å². The summed E-state index contributed by atoms with van der Waals surface area (Å²) < 4.78 is 0. The lowest BCUT2D eigenvalue weighted by Crippen LogP contribution is -2.49. The normalized spacial score (nSPS) is 28.5. The fourth-order valence-corrected chi connectivity index (χ4v) is 3.24. The summed E-state index contributed by atoms with van der Waals surface area (Å²) in [4.78, 5) is 26.3. The molecular weight excluding hydrogens is 240 g/mol. The molecule has 0 atom stereocenters. The van der Waals surface area contributed by atoms with Crippen molar-refractivity contribution in [1.82, 2.24) is 10.2 Å². The Morgan fingerprint density at radius 1 is 1.00 bits per heavy atom. The van der Waals surface area contributed by atoms with Crippen LogP contribution in [0.4, 0.5) is 0 Å². The molecule has 0 aromatic carbocycles. The van der Waals surface area contributed by atoms with Gasteiger partial charge in [0.2, 0.25) is 5.91 Å². The number of hydrogen-bond acceptors (Lipinski definition) is 3. The maximum absolute atomic E-state index is 12.4. The highest BCUT2D eigenvalue weighted by atomic mass is 16.2. The van der Waals surface area contributed by atoms with Gasteiger partial charge in [-0.3, -0.25) is 9.59 Å². The zero-order chi connectivity index (χ0) is 13.8. The summed E-state index contributed by atoms with van der Waals surface area (Å²) >= 11 is 0. The summed E-state index contributed by atoms with van der Waals surface area (Å²) in [6, 6.07) is 0. The van der Waals surface area contributed by atoms with Crippen molar-refractivity contribution in [3.8, 4) is 0 Å². The summed E-state index contributed by atoms with van der Waals surface area (Å²) in [6.07, 6.45) is 3.59. The molecule has 2 rings (SSSR count). The van der Waals surface area contributed by atoms with Gasteiger partial charge in [-0.15, -0.1) is 0 Å². The minimum Gasteiger partial charge on any atom is -0.340 e. The second-order valence-corrected chi connectivity index (χ2v) is 6.18. The molecule has 1 aliphatic heterocycles. The van der Waals surface area contributed by atoms with Crippen LogP contribution in [-0.4, -0.2) is 42.8 Å². The zero-order valence-corrected chi connectivity index (χ0v) is 12.2. The van der Waals surface area contributed by atoms with E-state index in [0.717, 1.165) is 51.9 Å². The van der Waals surface area contributed by atoms with E-state index in [0.29, 0.717) is 11.7 Å². The van der Waals surface area contributed by atoms with Crippen LogP contribution in [0.1, 0.15) is 39.5 Å². The first-order valence-corrected chi connectivity index (χ1v) is 7.63. The van der Waals surface area contributed by atoms with Gasteiger partial charge in [-0.2, -0.15) is 0 Å². The molecule has 1 saturated heterocycles. The van der Waals surface area contributed by atoms with Gasteiger partial charge in [0.05, 0.1) is 0 Å². The van der Waals surface area contributed by atoms with Crippen LogP contribution >= 0.6 is 0 Å². The minimum atomic E-state index is 0.130. The van der Waals surface area contributed by atoms with Crippen molar-refractivity contribution >= 4 is 11.7 Å². The highest BCUT2D eigenvalue weighted by Crippen LogP contribution is 2.32. The van der Waals surface area contributed by atoms with Crippen molar-refractivity contribution in [2.45, 2.75) is 39.5 Å². The monoisotopic (exact) mass is 266 g/mol. The molecule has 1 amide bonds. The fourth-order valence-electron chi connectivity index (χ4n) is 3.24. The van der Waals surface area contributed by atoms with E-state index < -0.39 is 0 Å². The molecule has 0 unspecified atom stereocenters. The van der Waals surface area contributed by atoms with E-state index >= 15 is 0 Å². The van der Waals surface area contributed by atoms with Crippen molar-refractivity contribution in [1.29, 1.82) is 0 Å². The molecule has 2 aliphatic rings. The van der Waals surface area contributed by atoms with Gasteiger partial charge in [-0.05, 0) is 25.7 Å². The SMILES string of the molecule is CC(C)C(=O)[C@H]1CC[C@H](C(=O)N2CCNCC2)CC1. The Labute approximate surface area is 115 Å². The number of ketones is 1. The predicted octanol–water partition coefficient (Wildman–Crippen LogP) is 1.45. The highest BCUT2D eigenvalue weighted by Gasteiger charge is 2.32. The third-order valence-electron chi connectivity index (χ3n) is 4.48. The average molecular weight is 266 g/mol. The predicted molar refractivity (Wildman–Crippen MR) is 74.7 cm³/mol. The van der Waals surface area contributed by atoms with Gasteiger partial charge in [0.25, 0.3) is 0 Å². The number of rotatable bonds is 3. The molecule has 4 nitrogen and oxygen atoms in total. The number of nitrogens with zero attached hydrogens (tertiary/aromatic N) is 1. The highest BCUT2D eigenvalue weighted by molar-refractivity contribution is 5.83. The van der Waals surface area contributed by atoms with E-state index in [1.165, 1.54) is 0 Å². The van der Waals surface area contributed by atoms with Crippen molar-refractivity contribution in [2.24, 2.45) is 17.8 Å². The molecule has 2 fully saturated rings. The van der Waals surface area contributed by atoms with Crippen LogP contribution < -0.4 is 5.32 Å². The van der Waals surface area contributed by atoms with E-state index in [-0.39, 0.29) is 17.8 Å². The van der Waals surface area contributed by atoms with Crippen LogP contribution in [0.3, 0.4) is 0 Å². The Balaban J connectivity index is 1.82. The molecule has 1 heterocycles. The van der Waals surface area contributed by atoms with E-state index in [1.807, 2.05) is 18.7 Å². The lowest BCUT2D eigenvalue weighted by atomic mass is 9.77. The Kier molecular flexibility index (Phi) is 4.97. The van der Waals surface area contributed by atoms with Gasteiger partial charge in [-0.25, -0.2) is 0 Å². The number of piperazine rings is 1. The van der Waals surface area contributed by atoms with Crippen molar-refractivity contribution < 1.29 is 9.59 Å². The number of Topliss-reactive ketones (excluding diaryl/α,β-unsaturated/α-hetero) is 1. The Morgan fingerprint density at radius 2 is 1.53 bits per heavy atom. The van der Waals surface area contributed by atoms with Gasteiger partial charge in [0.1, 0.15) is 5.78 Å². The van der Waals surface area contributed by atoms with Crippen molar-refractivity contribution in [3.63, 3.8) is 0 Å². The summed E-state index contributed by atoms with van der Waals surface area (Å²) in [5, 5.41) is 3.27. The molecule has 0 radical (unpaired) electrons. The first kappa shape index (κ1) is 14.5. The van der Waals surface area contributed by atoms with Gasteiger partial charge in [-0.1, -0.05) is 13.8 Å². The molecule has 0 bridgehead atoms. The minimum absolute atomic E-state index is 0.130. The molecule has 108 valence electrons. The molecule has 4 heteroatoms. The van der Waals surface area contributed by atoms with Crippen LogP contribution in [0.2, 0.25) is 0 Å². The van der Waals surface area contributed by atoms with Crippen molar-refractivity contribution in [3.05, 3.63) is 0 Å². The van der Waals surface area contributed by atoms with Crippen LogP contribution in [0.5, 0.6) is 0 Å². The number of carbonyl (C=O) groups excluding carboxylic acids is 2. The van der Waals surface area contributed by atoms with Crippen molar-refractivity contribution in [2.75, 3.05) is 26.2 Å². The fraction of sp³-hybridized carbons (Fsp3) is 0.867. The first-order chi connectivity index (χ1) is 9.09. The Hall–Kier alpha value is -0.900. The standard InChI is InChI=1S/C15H26N2O2/c1-11(2)14(18)12-3-5-13(6-4-12)15(19)17-9-7-16-8-10-17/h11-13,16H,3-10H2,1-2H3/t12-,13-. The maximum Gasteiger partial charge on any atom is 0.225 e. The zero-order valence-electron chi connectivity index (χ0n) is 12.2. The van der Waals surface area contributed by atoms with Gasteiger partial charge < -0.3 is 10.2 Å². The molecule has 1 saturated carbocycles. The molecule has 1 aliphatic carbocycles. The first-order valence-electron chi connectivity index (χ1n) is 7.63. The van der Waals surface area contributed by atoms with E-state index in [2.05, 4.69) is 5.32 Å². The molecule has 0 aromatic rings. The number of hydrogen-bond donors (Lipinski definition) is 1. The number of nitrogens with one attached hydrogen (secondary N) is 1. The molecule has 0 spiro atoms. The van der Waals surface area contributed by atoms with E-state index in [1.54, 1.807) is 0 Å². The van der Waals surface area contributed by atoms with Gasteiger partial charge >= 0.3 is 0 Å². The third kappa shape index (κ3) is 3.56. The summed E-state index contributed by atoms with van der Waals surface area (Å²) in [5.74, 6) is 1.19. The number of amides is 1. The molecular formula is C15H26N2O2. The van der Waals surface area contributed by atoms with Gasteiger partial charge in [0.15, 0.2) is 0 Å². The van der Waals surface area contributed by atoms with Crippen LogP contribution in [0.25, 0.3) is 0 Å². The molecule has 0 aromatic heterocycles. The Bertz CT molecular complexity index is 327. The summed E-state index contributed by atoms with van der Waals surface area (Å²) in [5.41, 5.74) is 0. The smallest absolute Gasteiger partial charge is 0.225 e. The van der Waals surface area contributed by atoms with Gasteiger partial charge in [0, 0.05) is 43.9 Å². The molecule has 19 heavy (non-hydrogen) atoms. The molecule has 1 N–H and O–H groups in total. The van der Waals surface area contributed by atoms with E-state index in [9.17, 15) is 9.59 Å². The lowest BCUT2D eigenvalue weighted by molar-refractivity contribution is -0.139. The second kappa shape index (κ2) is 6.51. The quantitative estimate of drug-likeness (QED) is 0.841. The second-order valence-electron chi connectivity index (χ2n) is 6.18. The van der Waals surface area contributed by atoms with Crippen LogP contribution in [0.15, 0.2) is 0 Å². The van der Waals surface area contributed by atoms with E-state index in [4.69, 9.17) is 0 Å². The Morgan fingerprint density at radius 3 is 2.05 bits per heavy atom. The largest absolute Gasteiger partial charge is 0.340 e. The maximum atomic E-state index is 12.4. The van der Waals surface area contributed by atoms with Crippen LogP contribution in [0, 0.1) is 17.8 Å². The number of carbonyl (C=O) groups is 2. The average Bonchev–Trinajstić information content (AvgIpc) is 2.46. The lowest BCUT2D eigenvalue weighted by Gasteiger charge is -2.34. The summed E-state index contributed by atoms with van der Waals surface area (Å²) in [6.45, 7) is 7.44. The van der Waals surface area contributed by atoms with Crippen LogP contribution in [-0.2, 0) is 9.59 Å². The summed E-state index contributed by atoms with van der Waals surface area (Å²) in [7, 11) is 0. The third-order valence-corrected chi connectivity index (χ3v) is 4.48.